The quantitative estimate of drug-likeness (QED) is 0.450. The van der Waals surface area contributed by atoms with E-state index in [-0.39, 0.29) is 10.7 Å². The number of urea groups is 1. The largest absolute Gasteiger partial charge is 0.425 e. The Balaban J connectivity index is 1.95. The van der Waals surface area contributed by atoms with Crippen molar-refractivity contribution in [3.8, 4) is 0 Å². The van der Waals surface area contributed by atoms with E-state index in [9.17, 15) is 18.0 Å². The second-order valence-corrected chi connectivity index (χ2v) is 9.07. The summed E-state index contributed by atoms with van der Waals surface area (Å²) < 4.78 is 43.8. The van der Waals surface area contributed by atoms with E-state index in [1.54, 1.807) is 36.4 Å². The molecule has 0 unspecified atom stereocenters. The normalized spacial score (nSPS) is 20.1. The van der Waals surface area contributed by atoms with Crippen molar-refractivity contribution >= 4 is 34.3 Å². The Morgan fingerprint density at radius 3 is 2.00 bits per heavy atom. The number of benzene rings is 3. The van der Waals surface area contributed by atoms with Gasteiger partial charge in [-0.05, 0) is 61.4 Å². The highest BCUT2D eigenvalue weighted by atomic mass is 32.2. The van der Waals surface area contributed by atoms with Gasteiger partial charge in [-0.2, -0.15) is 13.2 Å². The van der Waals surface area contributed by atoms with Crippen molar-refractivity contribution in [1.29, 1.82) is 0 Å². The number of aryl methyl sites for hydroxylation is 3. The van der Waals surface area contributed by atoms with Gasteiger partial charge in [0.1, 0.15) is 0 Å². The first-order valence-corrected chi connectivity index (χ1v) is 11.1. The third-order valence-corrected chi connectivity index (χ3v) is 6.69. The van der Waals surface area contributed by atoms with Crippen molar-refractivity contribution in [2.45, 2.75) is 31.8 Å². The smallest absolute Gasteiger partial charge is 0.311 e. The van der Waals surface area contributed by atoms with Crippen molar-refractivity contribution in [3.63, 3.8) is 0 Å². The van der Waals surface area contributed by atoms with Crippen LogP contribution in [0.15, 0.2) is 77.8 Å². The van der Waals surface area contributed by atoms with E-state index in [2.05, 4.69) is 10.3 Å². The minimum absolute atomic E-state index is 0.0545. The maximum atomic E-state index is 14.6. The number of alkyl halides is 3. The van der Waals surface area contributed by atoms with Gasteiger partial charge in [0.05, 0.1) is 11.4 Å². The van der Waals surface area contributed by atoms with Gasteiger partial charge in [-0.1, -0.05) is 66.2 Å². The molecule has 4 nitrogen and oxygen atoms in total. The van der Waals surface area contributed by atoms with E-state index in [1.807, 2.05) is 32.9 Å². The van der Waals surface area contributed by atoms with Crippen LogP contribution in [0.2, 0.25) is 0 Å². The number of thioether (sulfide) groups is 1. The third kappa shape index (κ3) is 4.23. The van der Waals surface area contributed by atoms with E-state index in [1.165, 1.54) is 29.2 Å². The first-order valence-electron chi connectivity index (χ1n) is 10.3. The van der Waals surface area contributed by atoms with Crippen molar-refractivity contribution in [2.24, 2.45) is 4.99 Å². The Bertz CT molecular complexity index is 1190. The average Bonchev–Trinajstić information content (AvgIpc) is 2.76. The molecule has 170 valence electrons. The first-order chi connectivity index (χ1) is 15.6. The zero-order valence-corrected chi connectivity index (χ0v) is 19.1. The lowest BCUT2D eigenvalue weighted by Crippen LogP contribution is -2.63. The van der Waals surface area contributed by atoms with Gasteiger partial charge < -0.3 is 5.32 Å². The Kier molecular flexibility index (Phi) is 5.97. The number of anilines is 1. The Hall–Kier alpha value is -3.26. The number of hydrogen-bond acceptors (Lipinski definition) is 3. The van der Waals surface area contributed by atoms with Crippen LogP contribution in [-0.4, -0.2) is 17.4 Å². The van der Waals surface area contributed by atoms with Crippen LogP contribution < -0.4 is 10.2 Å². The van der Waals surface area contributed by atoms with E-state index in [0.717, 1.165) is 16.7 Å². The van der Waals surface area contributed by atoms with E-state index < -0.39 is 17.1 Å². The lowest BCUT2D eigenvalue weighted by molar-refractivity contribution is -0.167. The molecule has 1 heterocycles. The van der Waals surface area contributed by atoms with Crippen molar-refractivity contribution < 1.29 is 18.0 Å². The van der Waals surface area contributed by atoms with Crippen molar-refractivity contribution in [2.75, 3.05) is 4.90 Å². The maximum absolute atomic E-state index is 14.6. The molecule has 1 saturated heterocycles. The molecular weight excluding hydrogens is 447 g/mol. The number of rotatable bonds is 3. The minimum atomic E-state index is -4.78. The molecule has 2 amide bonds. The lowest BCUT2D eigenvalue weighted by Gasteiger charge is -2.43. The predicted molar refractivity (Wildman–Crippen MR) is 127 cm³/mol. The minimum Gasteiger partial charge on any atom is -0.311 e. The molecule has 0 spiro atoms. The van der Waals surface area contributed by atoms with Gasteiger partial charge in [0, 0.05) is 0 Å². The standard InChI is InChI=1S/C25H22F3N3OS/c1-16-14-17(2)21(18(3)15-16)29-23-31(20-12-8-5-9-13-20)22(32)30-24(33-23,25(26,27)28)19-10-6-4-7-11-19/h4-15H,1-3H3,(H,30,32)/t24-/m1/s1. The summed E-state index contributed by atoms with van der Waals surface area (Å²) in [5.41, 5.74) is 3.55. The highest BCUT2D eigenvalue weighted by Gasteiger charge is 2.62. The molecular formula is C25H22F3N3OS. The van der Waals surface area contributed by atoms with Crippen LogP contribution in [0, 0.1) is 20.8 Å². The third-order valence-electron chi connectivity index (χ3n) is 5.36. The summed E-state index contributed by atoms with van der Waals surface area (Å²) in [5, 5.41) is 2.18. The van der Waals surface area contributed by atoms with Gasteiger partial charge in [0.25, 0.3) is 0 Å². The molecule has 3 aromatic carbocycles. The van der Waals surface area contributed by atoms with Crippen molar-refractivity contribution in [1.82, 2.24) is 5.32 Å². The van der Waals surface area contributed by atoms with Crippen LogP contribution in [0.5, 0.6) is 0 Å². The molecule has 8 heteroatoms. The van der Waals surface area contributed by atoms with Crippen LogP contribution in [0.1, 0.15) is 22.3 Å². The topological polar surface area (TPSA) is 44.7 Å². The van der Waals surface area contributed by atoms with Crippen LogP contribution >= 0.6 is 11.8 Å². The number of carbonyl (C=O) groups excluding carboxylic acids is 1. The van der Waals surface area contributed by atoms with Crippen LogP contribution in [-0.2, 0) is 4.87 Å². The predicted octanol–water partition coefficient (Wildman–Crippen LogP) is 6.98. The molecule has 3 aromatic rings. The highest BCUT2D eigenvalue weighted by Crippen LogP contribution is 2.51. The number of nitrogens with one attached hydrogen (secondary N) is 1. The fourth-order valence-corrected chi connectivity index (χ4v) is 5.12. The van der Waals surface area contributed by atoms with Crippen LogP contribution in [0.3, 0.4) is 0 Å². The molecule has 0 aliphatic carbocycles. The van der Waals surface area contributed by atoms with Gasteiger partial charge in [-0.3, -0.25) is 0 Å². The summed E-state index contributed by atoms with van der Waals surface area (Å²) in [6.07, 6.45) is -4.78. The van der Waals surface area contributed by atoms with Crippen molar-refractivity contribution in [3.05, 3.63) is 95.1 Å². The highest BCUT2D eigenvalue weighted by molar-refractivity contribution is 8.15. The number of hydrogen-bond donors (Lipinski definition) is 1. The number of amidine groups is 1. The molecule has 1 aliphatic rings. The first kappa shape index (κ1) is 22.9. The monoisotopic (exact) mass is 469 g/mol. The molecule has 0 aromatic heterocycles. The number of aliphatic imine (C=N–C) groups is 1. The maximum Gasteiger partial charge on any atom is 0.425 e. The van der Waals surface area contributed by atoms with Crippen LogP contribution in [0.25, 0.3) is 0 Å². The zero-order chi connectivity index (χ0) is 23.8. The Morgan fingerprint density at radius 2 is 1.45 bits per heavy atom. The molecule has 1 N–H and O–H groups in total. The summed E-state index contributed by atoms with van der Waals surface area (Å²) in [4.78, 5) is 16.4. The average molecular weight is 470 g/mol. The number of amides is 2. The molecule has 0 saturated carbocycles. The second kappa shape index (κ2) is 8.59. The molecule has 1 fully saturated rings. The van der Waals surface area contributed by atoms with Crippen LogP contribution in [0.4, 0.5) is 29.3 Å². The summed E-state index contributed by atoms with van der Waals surface area (Å²) in [5.74, 6) is 0. The van der Waals surface area contributed by atoms with Gasteiger partial charge in [-0.25, -0.2) is 14.7 Å². The van der Waals surface area contributed by atoms with Gasteiger partial charge in [0.2, 0.25) is 4.87 Å². The summed E-state index contributed by atoms with van der Waals surface area (Å²) in [7, 11) is 0. The molecule has 1 aliphatic heterocycles. The van der Waals surface area contributed by atoms with E-state index in [0.29, 0.717) is 23.1 Å². The second-order valence-electron chi connectivity index (χ2n) is 7.89. The Labute approximate surface area is 194 Å². The van der Waals surface area contributed by atoms with Gasteiger partial charge >= 0.3 is 12.2 Å². The molecule has 0 radical (unpaired) electrons. The molecule has 1 atom stereocenters. The van der Waals surface area contributed by atoms with E-state index in [4.69, 9.17) is 0 Å². The number of halogens is 3. The fraction of sp³-hybridized carbons (Fsp3) is 0.200. The van der Waals surface area contributed by atoms with Gasteiger partial charge in [0.15, 0.2) is 5.17 Å². The number of nitrogens with zero attached hydrogens (tertiary/aromatic N) is 2. The molecule has 0 bridgehead atoms. The van der Waals surface area contributed by atoms with Gasteiger partial charge in [-0.15, -0.1) is 0 Å². The molecule has 4 rings (SSSR count). The zero-order valence-electron chi connectivity index (χ0n) is 18.3. The van der Waals surface area contributed by atoms with E-state index >= 15 is 0 Å². The summed E-state index contributed by atoms with van der Waals surface area (Å²) in [6.45, 7) is 5.65. The Morgan fingerprint density at radius 1 is 0.909 bits per heavy atom. The number of carbonyl (C=O) groups is 1. The lowest BCUT2D eigenvalue weighted by atomic mass is 10.1. The SMILES string of the molecule is Cc1cc(C)c(N=C2S[C@](c3ccccc3)(C(F)(F)F)NC(=O)N2c2ccccc2)c(C)c1. The molecule has 33 heavy (non-hydrogen) atoms. The summed E-state index contributed by atoms with van der Waals surface area (Å²) in [6, 6.07) is 18.9. The fourth-order valence-electron chi connectivity index (χ4n) is 3.92. The summed E-state index contributed by atoms with van der Waals surface area (Å²) >= 11 is 0.481. The number of para-hydroxylation sites is 1.